The van der Waals surface area contributed by atoms with E-state index in [1.54, 1.807) is 0 Å². The number of unbranched alkanes of at least 4 members (excludes halogenated alkanes) is 26. The molecule has 0 aromatic heterocycles. The summed E-state index contributed by atoms with van der Waals surface area (Å²) in [5.41, 5.74) is 0. The number of hydrogen-bond donors (Lipinski definition) is 1. The summed E-state index contributed by atoms with van der Waals surface area (Å²) in [6.45, 7) is 5.72. The lowest BCUT2D eigenvalue weighted by atomic mass is 10.0. The first-order valence-electron chi connectivity index (χ1n) is 16.5. The molecule has 0 aromatic rings. The quantitative estimate of drug-likeness (QED) is 0.0671. The van der Waals surface area contributed by atoms with Crippen molar-refractivity contribution in [3.8, 4) is 0 Å². The van der Waals surface area contributed by atoms with Gasteiger partial charge in [0, 0.05) is 0 Å². The van der Waals surface area contributed by atoms with Crippen LogP contribution in [0.3, 0.4) is 0 Å². The maximum Gasteiger partial charge on any atom is 0.0828 e. The van der Waals surface area contributed by atoms with Crippen molar-refractivity contribution in [1.82, 2.24) is 6.15 Å². The Kier molecular flexibility index (Phi) is 38.6. The van der Waals surface area contributed by atoms with E-state index in [-0.39, 0.29) is 6.15 Å². The first kappa shape index (κ1) is 39.4. The smallest absolute Gasteiger partial charge is 0.0828 e. The Bertz CT molecular complexity index is 353. The van der Waals surface area contributed by atoms with Gasteiger partial charge in [0.05, 0.1) is 21.8 Å². The zero-order valence-electron chi connectivity index (χ0n) is 25.9. The third-order valence-corrected chi connectivity index (χ3v) is 8.18. The fourth-order valence-electron chi connectivity index (χ4n) is 4.91. The SMILES string of the molecule is CCCCCCCCCCCCCCCCOP([O-])OCCCCCCCCCCCCCCCC.[NH4+]. The molecule has 0 radical (unpaired) electrons. The minimum atomic E-state index is -1.91. The molecule has 0 atom stereocenters. The van der Waals surface area contributed by atoms with Crippen LogP contribution in [0.15, 0.2) is 0 Å². The van der Waals surface area contributed by atoms with Crippen LogP contribution in [0.1, 0.15) is 194 Å². The van der Waals surface area contributed by atoms with E-state index < -0.39 is 8.60 Å². The molecule has 0 aliphatic carbocycles. The van der Waals surface area contributed by atoms with Crippen molar-refractivity contribution in [2.45, 2.75) is 194 Å². The molecule has 4 N–H and O–H groups in total. The monoisotopic (exact) mass is 548 g/mol. The van der Waals surface area contributed by atoms with E-state index in [2.05, 4.69) is 13.8 Å². The van der Waals surface area contributed by atoms with E-state index in [9.17, 15) is 4.89 Å². The Morgan fingerprint density at radius 1 is 0.351 bits per heavy atom. The minimum absolute atomic E-state index is 0. The van der Waals surface area contributed by atoms with E-state index >= 15 is 0 Å². The second kappa shape index (κ2) is 36.3. The average molecular weight is 548 g/mol. The second-order valence-corrected chi connectivity index (χ2v) is 12.0. The summed E-state index contributed by atoms with van der Waals surface area (Å²) in [5, 5.41) is 0. The topological polar surface area (TPSA) is 78.0 Å². The van der Waals surface area contributed by atoms with Gasteiger partial charge >= 0.3 is 0 Å². The van der Waals surface area contributed by atoms with Gasteiger partial charge in [0.15, 0.2) is 0 Å². The summed E-state index contributed by atoms with van der Waals surface area (Å²) in [6.07, 6.45) is 37.7. The molecular formula is C32H70NO3P. The lowest BCUT2D eigenvalue weighted by Gasteiger charge is -2.22. The maximum atomic E-state index is 11.8. The van der Waals surface area contributed by atoms with Gasteiger partial charge in [0.25, 0.3) is 0 Å². The molecule has 0 bridgehead atoms. The van der Waals surface area contributed by atoms with E-state index in [0.29, 0.717) is 13.2 Å². The maximum absolute atomic E-state index is 11.8. The van der Waals surface area contributed by atoms with E-state index in [1.807, 2.05) is 0 Å². The predicted molar refractivity (Wildman–Crippen MR) is 165 cm³/mol. The van der Waals surface area contributed by atoms with Crippen LogP contribution >= 0.6 is 8.60 Å². The molecule has 0 saturated heterocycles. The molecule has 4 nitrogen and oxygen atoms in total. The molecule has 0 aliphatic rings. The summed E-state index contributed by atoms with van der Waals surface area (Å²) < 4.78 is 10.7. The Morgan fingerprint density at radius 2 is 0.541 bits per heavy atom. The van der Waals surface area contributed by atoms with Gasteiger partial charge < -0.3 is 20.1 Å². The van der Waals surface area contributed by atoms with Crippen LogP contribution < -0.4 is 11.0 Å². The molecule has 37 heavy (non-hydrogen) atoms. The standard InChI is InChI=1S/C32H66O3P.H3N/c1-3-5-7-9-11-13-15-17-19-21-23-25-27-29-31-34-36(33)35-32-30-28-26-24-22-20-18-16-14-12-10-8-6-4-2;/h3-32H2,1-2H3;1H3/q-1;/p+1. The van der Waals surface area contributed by atoms with Crippen LogP contribution in [0, 0.1) is 0 Å². The van der Waals surface area contributed by atoms with Crippen molar-refractivity contribution in [2.75, 3.05) is 13.2 Å². The Hall–Kier alpha value is 0.270. The van der Waals surface area contributed by atoms with Crippen LogP contribution in [-0.4, -0.2) is 13.2 Å². The second-order valence-electron chi connectivity index (χ2n) is 11.1. The van der Waals surface area contributed by atoms with Gasteiger partial charge in [-0.15, -0.1) is 0 Å². The number of hydrogen-bond acceptors (Lipinski definition) is 3. The molecule has 0 aliphatic heterocycles. The summed E-state index contributed by atoms with van der Waals surface area (Å²) >= 11 is 0. The molecule has 0 rings (SSSR count). The minimum Gasteiger partial charge on any atom is -0.786 e. The summed E-state index contributed by atoms with van der Waals surface area (Å²) in [6, 6.07) is 0. The Labute approximate surface area is 235 Å². The van der Waals surface area contributed by atoms with Gasteiger partial charge in [-0.1, -0.05) is 181 Å². The largest absolute Gasteiger partial charge is 0.786 e. The fraction of sp³-hybridized carbons (Fsp3) is 1.00. The zero-order chi connectivity index (χ0) is 26.2. The molecule has 0 spiro atoms. The van der Waals surface area contributed by atoms with Crippen molar-refractivity contribution in [1.29, 1.82) is 0 Å². The zero-order valence-corrected chi connectivity index (χ0v) is 26.8. The average Bonchev–Trinajstić information content (AvgIpc) is 2.88. The van der Waals surface area contributed by atoms with Crippen molar-refractivity contribution in [3.05, 3.63) is 0 Å². The lowest BCUT2D eigenvalue weighted by Crippen LogP contribution is -2.05. The summed E-state index contributed by atoms with van der Waals surface area (Å²) in [5.74, 6) is 0. The first-order chi connectivity index (χ1) is 17.8. The van der Waals surface area contributed by atoms with Gasteiger partial charge in [-0.2, -0.15) is 0 Å². The van der Waals surface area contributed by atoms with Gasteiger partial charge in [-0.3, -0.25) is 0 Å². The van der Waals surface area contributed by atoms with Crippen LogP contribution in [0.2, 0.25) is 0 Å². The van der Waals surface area contributed by atoms with Crippen molar-refractivity contribution in [3.63, 3.8) is 0 Å². The van der Waals surface area contributed by atoms with E-state index in [0.717, 1.165) is 12.8 Å². The van der Waals surface area contributed by atoms with Gasteiger partial charge in [0.2, 0.25) is 0 Å². The van der Waals surface area contributed by atoms with Crippen molar-refractivity contribution < 1.29 is 13.9 Å². The van der Waals surface area contributed by atoms with E-state index in [1.165, 1.54) is 167 Å². The number of rotatable bonds is 32. The predicted octanol–water partition coefficient (Wildman–Crippen LogP) is 11.9. The molecule has 0 heterocycles. The molecular weight excluding hydrogens is 477 g/mol. The van der Waals surface area contributed by atoms with E-state index in [4.69, 9.17) is 9.05 Å². The number of quaternary nitrogens is 1. The van der Waals surface area contributed by atoms with Crippen LogP contribution in [-0.2, 0) is 9.05 Å². The highest BCUT2D eigenvalue weighted by atomic mass is 31.2. The highest BCUT2D eigenvalue weighted by Gasteiger charge is 1.99. The molecule has 0 fully saturated rings. The van der Waals surface area contributed by atoms with Crippen molar-refractivity contribution in [2.24, 2.45) is 0 Å². The highest BCUT2D eigenvalue weighted by Crippen LogP contribution is 2.28. The molecule has 0 saturated carbocycles. The molecule has 226 valence electrons. The molecule has 0 aromatic carbocycles. The highest BCUT2D eigenvalue weighted by molar-refractivity contribution is 7.39. The lowest BCUT2D eigenvalue weighted by molar-refractivity contribution is -0.204. The third kappa shape index (κ3) is 36.3. The normalized spacial score (nSPS) is 11.4. The molecule has 0 unspecified atom stereocenters. The molecule has 0 amide bonds. The van der Waals surface area contributed by atoms with Gasteiger partial charge in [0.1, 0.15) is 0 Å². The first-order valence-corrected chi connectivity index (χ1v) is 17.6. The summed E-state index contributed by atoms with van der Waals surface area (Å²) in [7, 11) is -1.91. The van der Waals surface area contributed by atoms with Crippen LogP contribution in [0.5, 0.6) is 0 Å². The van der Waals surface area contributed by atoms with Gasteiger partial charge in [-0.05, 0) is 12.8 Å². The Morgan fingerprint density at radius 3 is 0.757 bits per heavy atom. The Balaban J connectivity index is 0. The fourth-order valence-corrected chi connectivity index (χ4v) is 5.54. The molecule has 5 heteroatoms. The third-order valence-electron chi connectivity index (χ3n) is 7.39. The van der Waals surface area contributed by atoms with Crippen LogP contribution in [0.25, 0.3) is 0 Å². The van der Waals surface area contributed by atoms with Gasteiger partial charge in [-0.25, -0.2) is 0 Å². The summed E-state index contributed by atoms with van der Waals surface area (Å²) in [4.78, 5) is 11.8. The van der Waals surface area contributed by atoms with Crippen LogP contribution in [0.4, 0.5) is 0 Å². The van der Waals surface area contributed by atoms with Crippen molar-refractivity contribution >= 4 is 8.60 Å².